The molecule has 2 aromatic rings. The Bertz CT molecular complexity index is 501. The van der Waals surface area contributed by atoms with Crippen molar-refractivity contribution < 1.29 is 9.59 Å². The summed E-state index contributed by atoms with van der Waals surface area (Å²) in [5.74, 6) is 0. The van der Waals surface area contributed by atoms with Crippen LogP contribution in [0.25, 0.3) is 12.2 Å². The van der Waals surface area contributed by atoms with Gasteiger partial charge in [-0.25, -0.2) is 0 Å². The maximum atomic E-state index is 9.89. The second kappa shape index (κ2) is 10.2. The Morgan fingerprint density at radius 2 is 0.900 bits per heavy atom. The van der Waals surface area contributed by atoms with Crippen LogP contribution in [0.2, 0.25) is 0 Å². The van der Waals surface area contributed by atoms with Crippen molar-refractivity contribution in [2.75, 3.05) is 0 Å². The zero-order valence-corrected chi connectivity index (χ0v) is 11.1. The first kappa shape index (κ1) is 15.3. The van der Waals surface area contributed by atoms with Crippen LogP contribution in [-0.2, 0) is 9.59 Å². The first-order valence-corrected chi connectivity index (χ1v) is 6.20. The SMILES string of the molecule is O=CC=Cc1ccccc1.O=CC=Cc1ccccc1. The van der Waals surface area contributed by atoms with E-state index in [2.05, 4.69) is 0 Å². The number of carbonyl (C=O) groups excluding carboxylic acids is 2. The molecule has 0 heterocycles. The highest BCUT2D eigenvalue weighted by atomic mass is 16.1. The lowest BCUT2D eigenvalue weighted by Crippen LogP contribution is -1.67. The molecule has 0 N–H and O–H groups in total. The van der Waals surface area contributed by atoms with Crippen LogP contribution in [0.3, 0.4) is 0 Å². The van der Waals surface area contributed by atoms with Gasteiger partial charge in [-0.05, 0) is 23.3 Å². The normalized spacial score (nSPS) is 10.0. The van der Waals surface area contributed by atoms with E-state index in [-0.39, 0.29) is 0 Å². The van der Waals surface area contributed by atoms with Crippen LogP contribution in [0.4, 0.5) is 0 Å². The number of hydrogen-bond acceptors (Lipinski definition) is 2. The predicted molar refractivity (Wildman–Crippen MR) is 83.1 cm³/mol. The minimum absolute atomic E-state index is 0.771. The highest BCUT2D eigenvalue weighted by Gasteiger charge is 1.79. The quantitative estimate of drug-likeness (QED) is 0.622. The lowest BCUT2D eigenvalue weighted by atomic mass is 10.2. The molecule has 0 unspecified atom stereocenters. The monoisotopic (exact) mass is 264 g/mol. The molecular formula is C18H16O2. The number of allylic oxidation sites excluding steroid dienone is 2. The van der Waals surface area contributed by atoms with Crippen LogP contribution >= 0.6 is 0 Å². The minimum Gasteiger partial charge on any atom is -0.299 e. The third-order valence-corrected chi connectivity index (χ3v) is 2.33. The van der Waals surface area contributed by atoms with Crippen LogP contribution < -0.4 is 0 Å². The van der Waals surface area contributed by atoms with E-state index in [1.807, 2.05) is 60.7 Å². The molecule has 0 aliphatic heterocycles. The summed E-state index contributed by atoms with van der Waals surface area (Å²) in [6.45, 7) is 0. The summed E-state index contributed by atoms with van der Waals surface area (Å²) in [4.78, 5) is 19.8. The van der Waals surface area contributed by atoms with Gasteiger partial charge in [0.25, 0.3) is 0 Å². The number of rotatable bonds is 4. The summed E-state index contributed by atoms with van der Waals surface area (Å²) < 4.78 is 0. The molecule has 0 fully saturated rings. The average Bonchev–Trinajstić information content (AvgIpc) is 2.53. The Hall–Kier alpha value is -2.74. The summed E-state index contributed by atoms with van der Waals surface area (Å²) in [6.07, 6.45) is 8.05. The molecule has 0 aliphatic carbocycles. The fourth-order valence-electron chi connectivity index (χ4n) is 1.43. The van der Waals surface area contributed by atoms with Crippen molar-refractivity contribution in [3.63, 3.8) is 0 Å². The number of aldehydes is 2. The van der Waals surface area contributed by atoms with Gasteiger partial charge < -0.3 is 0 Å². The van der Waals surface area contributed by atoms with Crippen molar-refractivity contribution in [2.45, 2.75) is 0 Å². The van der Waals surface area contributed by atoms with Crippen molar-refractivity contribution in [2.24, 2.45) is 0 Å². The fraction of sp³-hybridized carbons (Fsp3) is 0. The van der Waals surface area contributed by atoms with Crippen LogP contribution in [-0.4, -0.2) is 12.6 Å². The first-order chi connectivity index (χ1) is 9.86. The molecule has 2 heteroatoms. The van der Waals surface area contributed by atoms with Crippen molar-refractivity contribution in [3.8, 4) is 0 Å². The standard InChI is InChI=1S/2C9H8O/c2*10-8-4-7-9-5-2-1-3-6-9/h2*1-8H. The largest absolute Gasteiger partial charge is 0.299 e. The summed E-state index contributed by atoms with van der Waals surface area (Å²) in [5, 5.41) is 0. The Balaban J connectivity index is 0.000000200. The van der Waals surface area contributed by atoms with Crippen LogP contribution in [0, 0.1) is 0 Å². The van der Waals surface area contributed by atoms with Crippen LogP contribution in [0.5, 0.6) is 0 Å². The number of hydrogen-bond donors (Lipinski definition) is 0. The topological polar surface area (TPSA) is 34.1 Å². The van der Waals surface area contributed by atoms with Gasteiger partial charge in [0.2, 0.25) is 0 Å². The molecule has 0 aromatic heterocycles. The van der Waals surface area contributed by atoms with Crippen LogP contribution in [0.15, 0.2) is 72.8 Å². The van der Waals surface area contributed by atoms with Gasteiger partial charge in [0.05, 0.1) is 0 Å². The van der Waals surface area contributed by atoms with Crippen molar-refractivity contribution in [3.05, 3.63) is 83.9 Å². The fourth-order valence-corrected chi connectivity index (χ4v) is 1.43. The van der Waals surface area contributed by atoms with E-state index in [4.69, 9.17) is 0 Å². The molecule has 0 saturated carbocycles. The molecule has 0 bridgehead atoms. The van der Waals surface area contributed by atoms with E-state index in [9.17, 15) is 9.59 Å². The molecule has 20 heavy (non-hydrogen) atoms. The third-order valence-electron chi connectivity index (χ3n) is 2.33. The summed E-state index contributed by atoms with van der Waals surface area (Å²) >= 11 is 0. The summed E-state index contributed by atoms with van der Waals surface area (Å²) in [5.41, 5.74) is 2.10. The number of carbonyl (C=O) groups is 2. The molecule has 0 spiro atoms. The summed E-state index contributed by atoms with van der Waals surface area (Å²) in [7, 11) is 0. The maximum Gasteiger partial charge on any atom is 0.142 e. The Morgan fingerprint density at radius 1 is 0.550 bits per heavy atom. The maximum absolute atomic E-state index is 9.89. The lowest BCUT2D eigenvalue weighted by Gasteiger charge is -1.86. The minimum atomic E-state index is 0.771. The van der Waals surface area contributed by atoms with Crippen molar-refractivity contribution in [1.82, 2.24) is 0 Å². The lowest BCUT2D eigenvalue weighted by molar-refractivity contribution is -0.104. The van der Waals surface area contributed by atoms with Gasteiger partial charge in [0.1, 0.15) is 12.6 Å². The van der Waals surface area contributed by atoms with E-state index in [1.54, 1.807) is 12.2 Å². The Labute approximate surface area is 119 Å². The van der Waals surface area contributed by atoms with Gasteiger partial charge in [-0.1, -0.05) is 72.8 Å². The first-order valence-electron chi connectivity index (χ1n) is 6.20. The van der Waals surface area contributed by atoms with E-state index in [0.29, 0.717) is 0 Å². The summed E-state index contributed by atoms with van der Waals surface area (Å²) in [6, 6.07) is 19.4. The molecule has 0 atom stereocenters. The zero-order chi connectivity index (χ0) is 14.5. The predicted octanol–water partition coefficient (Wildman–Crippen LogP) is 3.80. The second-order valence-electron chi connectivity index (χ2n) is 3.81. The second-order valence-corrected chi connectivity index (χ2v) is 3.81. The van der Waals surface area contributed by atoms with Crippen molar-refractivity contribution in [1.29, 1.82) is 0 Å². The van der Waals surface area contributed by atoms with Gasteiger partial charge in [-0.2, -0.15) is 0 Å². The molecule has 2 rings (SSSR count). The number of benzene rings is 2. The van der Waals surface area contributed by atoms with Gasteiger partial charge in [0.15, 0.2) is 0 Å². The van der Waals surface area contributed by atoms with E-state index >= 15 is 0 Å². The molecule has 0 saturated heterocycles. The molecule has 0 amide bonds. The molecule has 2 nitrogen and oxygen atoms in total. The van der Waals surface area contributed by atoms with Crippen molar-refractivity contribution >= 4 is 24.7 Å². The Morgan fingerprint density at radius 3 is 1.20 bits per heavy atom. The van der Waals surface area contributed by atoms with Gasteiger partial charge in [0, 0.05) is 0 Å². The van der Waals surface area contributed by atoms with Gasteiger partial charge in [-0.15, -0.1) is 0 Å². The third kappa shape index (κ3) is 6.87. The van der Waals surface area contributed by atoms with E-state index in [0.717, 1.165) is 23.7 Å². The smallest absolute Gasteiger partial charge is 0.142 e. The highest BCUT2D eigenvalue weighted by molar-refractivity contribution is 5.74. The highest BCUT2D eigenvalue weighted by Crippen LogP contribution is 1.99. The molecule has 0 aliphatic rings. The van der Waals surface area contributed by atoms with E-state index < -0.39 is 0 Å². The molecular weight excluding hydrogens is 248 g/mol. The van der Waals surface area contributed by atoms with E-state index in [1.165, 1.54) is 12.2 Å². The molecule has 0 radical (unpaired) electrons. The van der Waals surface area contributed by atoms with Crippen LogP contribution in [0.1, 0.15) is 11.1 Å². The zero-order valence-electron chi connectivity index (χ0n) is 11.1. The van der Waals surface area contributed by atoms with Gasteiger partial charge in [-0.3, -0.25) is 9.59 Å². The molecule has 2 aromatic carbocycles. The van der Waals surface area contributed by atoms with Gasteiger partial charge >= 0.3 is 0 Å². The Kier molecular flexibility index (Phi) is 7.82. The average molecular weight is 264 g/mol. The molecule has 100 valence electrons.